The van der Waals surface area contributed by atoms with Gasteiger partial charge in [0.05, 0.1) is 0 Å². The molecular weight excluding hydrogens is 265 g/mol. The summed E-state index contributed by atoms with van der Waals surface area (Å²) < 4.78 is 15.9. The van der Waals surface area contributed by atoms with E-state index in [2.05, 4.69) is 10.3 Å². The monoisotopic (exact) mass is 283 g/mol. The Morgan fingerprint density at radius 3 is 2.62 bits per heavy atom. The maximum Gasteiger partial charge on any atom is 0.131 e. The summed E-state index contributed by atoms with van der Waals surface area (Å²) >= 11 is 0. The highest BCUT2D eigenvalue weighted by atomic mass is 19.1. The molecule has 1 unspecified atom stereocenters. The summed E-state index contributed by atoms with van der Waals surface area (Å²) in [6, 6.07) is 11.1. The van der Waals surface area contributed by atoms with Gasteiger partial charge in [-0.3, -0.25) is 0 Å². The molecule has 4 heteroatoms. The first-order chi connectivity index (χ1) is 10.2. The van der Waals surface area contributed by atoms with Gasteiger partial charge in [0.25, 0.3) is 0 Å². The standard InChI is InChI=1S/C17H18FN3/c1-19-16(11-17-20-9-10-21(17)2)14-7-8-15(18)13-6-4-3-5-12(13)14/h3-10,16,19H,11H2,1-2H3. The van der Waals surface area contributed by atoms with Crippen molar-refractivity contribution >= 4 is 10.8 Å². The Labute approximate surface area is 123 Å². The fourth-order valence-electron chi connectivity index (χ4n) is 2.73. The van der Waals surface area contributed by atoms with Crippen LogP contribution in [0.25, 0.3) is 10.8 Å². The largest absolute Gasteiger partial charge is 0.338 e. The maximum absolute atomic E-state index is 13.9. The van der Waals surface area contributed by atoms with E-state index in [-0.39, 0.29) is 11.9 Å². The minimum atomic E-state index is -0.179. The highest BCUT2D eigenvalue weighted by Crippen LogP contribution is 2.28. The van der Waals surface area contributed by atoms with Gasteiger partial charge < -0.3 is 9.88 Å². The molecule has 0 aliphatic heterocycles. The van der Waals surface area contributed by atoms with Crippen LogP contribution in [0, 0.1) is 5.82 Å². The average Bonchev–Trinajstić information content (AvgIpc) is 2.91. The number of hydrogen-bond acceptors (Lipinski definition) is 2. The number of halogens is 1. The summed E-state index contributed by atoms with van der Waals surface area (Å²) in [5, 5.41) is 4.93. The van der Waals surface area contributed by atoms with Crippen LogP contribution in [0.1, 0.15) is 17.4 Å². The van der Waals surface area contributed by atoms with Gasteiger partial charge in [-0.25, -0.2) is 9.37 Å². The lowest BCUT2D eigenvalue weighted by molar-refractivity contribution is 0.565. The minimum absolute atomic E-state index is 0.0941. The first kappa shape index (κ1) is 13.8. The molecule has 0 fully saturated rings. The van der Waals surface area contributed by atoms with Gasteiger partial charge in [-0.05, 0) is 24.1 Å². The predicted molar refractivity (Wildman–Crippen MR) is 82.6 cm³/mol. The second-order valence-electron chi connectivity index (χ2n) is 5.18. The van der Waals surface area contributed by atoms with Gasteiger partial charge in [-0.15, -0.1) is 0 Å². The molecule has 3 aromatic rings. The van der Waals surface area contributed by atoms with E-state index in [4.69, 9.17) is 0 Å². The SMILES string of the molecule is CNC(Cc1nccn1C)c1ccc(F)c2ccccc12. The number of hydrogen-bond donors (Lipinski definition) is 1. The van der Waals surface area contributed by atoms with Crippen molar-refractivity contribution in [1.82, 2.24) is 14.9 Å². The normalized spacial score (nSPS) is 12.7. The van der Waals surface area contributed by atoms with Crippen LogP contribution < -0.4 is 5.32 Å². The van der Waals surface area contributed by atoms with E-state index in [1.165, 1.54) is 0 Å². The van der Waals surface area contributed by atoms with Crippen molar-refractivity contribution in [2.45, 2.75) is 12.5 Å². The molecular formula is C17H18FN3. The number of imidazole rings is 1. The van der Waals surface area contributed by atoms with Gasteiger partial charge in [0.1, 0.15) is 11.6 Å². The lowest BCUT2D eigenvalue weighted by atomic mass is 9.96. The zero-order chi connectivity index (χ0) is 14.8. The van der Waals surface area contributed by atoms with Crippen LogP contribution in [-0.2, 0) is 13.5 Å². The van der Waals surface area contributed by atoms with Crippen LogP contribution >= 0.6 is 0 Å². The molecule has 0 saturated heterocycles. The molecule has 3 nitrogen and oxygen atoms in total. The van der Waals surface area contributed by atoms with Crippen molar-refractivity contribution in [2.75, 3.05) is 7.05 Å². The number of benzene rings is 2. The zero-order valence-corrected chi connectivity index (χ0v) is 12.2. The molecule has 21 heavy (non-hydrogen) atoms. The number of nitrogens with one attached hydrogen (secondary N) is 1. The lowest BCUT2D eigenvalue weighted by Gasteiger charge is -2.19. The molecule has 1 aromatic heterocycles. The summed E-state index contributed by atoms with van der Waals surface area (Å²) in [5.41, 5.74) is 1.09. The Bertz CT molecular complexity index is 764. The molecule has 0 radical (unpaired) electrons. The Kier molecular flexibility index (Phi) is 3.71. The van der Waals surface area contributed by atoms with E-state index in [9.17, 15) is 4.39 Å². The Morgan fingerprint density at radius 1 is 1.19 bits per heavy atom. The molecule has 1 heterocycles. The molecule has 0 spiro atoms. The smallest absolute Gasteiger partial charge is 0.131 e. The van der Waals surface area contributed by atoms with Gasteiger partial charge >= 0.3 is 0 Å². The second-order valence-corrected chi connectivity index (χ2v) is 5.18. The summed E-state index contributed by atoms with van der Waals surface area (Å²) in [7, 11) is 3.91. The molecule has 0 amide bonds. The molecule has 108 valence electrons. The molecule has 3 rings (SSSR count). The molecule has 0 aliphatic carbocycles. The van der Waals surface area contributed by atoms with Crippen molar-refractivity contribution in [3.8, 4) is 0 Å². The highest BCUT2D eigenvalue weighted by Gasteiger charge is 2.16. The lowest BCUT2D eigenvalue weighted by Crippen LogP contribution is -2.20. The average molecular weight is 283 g/mol. The van der Waals surface area contributed by atoms with E-state index in [0.717, 1.165) is 23.2 Å². The van der Waals surface area contributed by atoms with E-state index in [0.29, 0.717) is 5.39 Å². The van der Waals surface area contributed by atoms with Crippen LogP contribution in [0.5, 0.6) is 0 Å². The molecule has 0 aliphatic rings. The van der Waals surface area contributed by atoms with Crippen LogP contribution in [0.3, 0.4) is 0 Å². The number of fused-ring (bicyclic) bond motifs is 1. The van der Waals surface area contributed by atoms with E-state index >= 15 is 0 Å². The fourth-order valence-corrected chi connectivity index (χ4v) is 2.73. The first-order valence-corrected chi connectivity index (χ1v) is 7.01. The van der Waals surface area contributed by atoms with Crippen molar-refractivity contribution < 1.29 is 4.39 Å². The van der Waals surface area contributed by atoms with Crippen LogP contribution in [0.2, 0.25) is 0 Å². The fraction of sp³-hybridized carbons (Fsp3) is 0.235. The third-order valence-electron chi connectivity index (χ3n) is 3.94. The summed E-state index contributed by atoms with van der Waals surface area (Å²) in [6.45, 7) is 0. The quantitative estimate of drug-likeness (QED) is 0.797. The number of likely N-dealkylation sites (N-methyl/N-ethyl adjacent to an activating group) is 1. The van der Waals surface area contributed by atoms with Gasteiger partial charge in [0, 0.05) is 37.3 Å². The first-order valence-electron chi connectivity index (χ1n) is 7.01. The molecule has 2 aromatic carbocycles. The topological polar surface area (TPSA) is 29.9 Å². The van der Waals surface area contributed by atoms with Crippen molar-refractivity contribution in [2.24, 2.45) is 7.05 Å². The highest BCUT2D eigenvalue weighted by molar-refractivity contribution is 5.86. The third-order valence-corrected chi connectivity index (χ3v) is 3.94. The molecule has 1 atom stereocenters. The van der Waals surface area contributed by atoms with Gasteiger partial charge in [0.2, 0.25) is 0 Å². The van der Waals surface area contributed by atoms with E-state index in [1.54, 1.807) is 12.3 Å². The maximum atomic E-state index is 13.9. The number of nitrogens with zero attached hydrogens (tertiary/aromatic N) is 2. The van der Waals surface area contributed by atoms with Crippen molar-refractivity contribution in [3.05, 3.63) is 66.0 Å². The Hall–Kier alpha value is -2.20. The van der Waals surface area contributed by atoms with Crippen molar-refractivity contribution in [1.29, 1.82) is 0 Å². The molecule has 0 saturated carbocycles. The Balaban J connectivity index is 2.05. The number of aryl methyl sites for hydroxylation is 1. The van der Waals surface area contributed by atoms with Crippen LogP contribution in [-0.4, -0.2) is 16.6 Å². The van der Waals surface area contributed by atoms with E-state index < -0.39 is 0 Å². The van der Waals surface area contributed by atoms with Gasteiger partial charge in [-0.2, -0.15) is 0 Å². The minimum Gasteiger partial charge on any atom is -0.338 e. The molecule has 0 bridgehead atoms. The second kappa shape index (κ2) is 5.66. The summed E-state index contributed by atoms with van der Waals surface area (Å²) in [4.78, 5) is 4.38. The van der Waals surface area contributed by atoms with Gasteiger partial charge in [0.15, 0.2) is 0 Å². The van der Waals surface area contributed by atoms with Gasteiger partial charge in [-0.1, -0.05) is 30.3 Å². The van der Waals surface area contributed by atoms with Crippen molar-refractivity contribution in [3.63, 3.8) is 0 Å². The van der Waals surface area contributed by atoms with Crippen LogP contribution in [0.4, 0.5) is 4.39 Å². The van der Waals surface area contributed by atoms with Crippen LogP contribution in [0.15, 0.2) is 48.8 Å². The summed E-state index contributed by atoms with van der Waals surface area (Å²) in [6.07, 6.45) is 4.49. The van der Waals surface area contributed by atoms with E-state index in [1.807, 2.05) is 55.2 Å². The summed E-state index contributed by atoms with van der Waals surface area (Å²) in [5.74, 6) is 0.823. The zero-order valence-electron chi connectivity index (χ0n) is 12.2. The molecule has 1 N–H and O–H groups in total. The predicted octanol–water partition coefficient (Wildman–Crippen LogP) is 3.22. The Morgan fingerprint density at radius 2 is 1.95 bits per heavy atom. The number of rotatable bonds is 4. The number of aromatic nitrogens is 2. The third kappa shape index (κ3) is 2.54.